The van der Waals surface area contributed by atoms with Gasteiger partial charge in [0.15, 0.2) is 0 Å². The number of hydrogen-bond acceptors (Lipinski definition) is 4. The highest BCUT2D eigenvalue weighted by atomic mass is 16.5. The van der Waals surface area contributed by atoms with Gasteiger partial charge in [-0.1, -0.05) is 55.0 Å². The van der Waals surface area contributed by atoms with Crippen LogP contribution in [0, 0.1) is 11.8 Å². The quantitative estimate of drug-likeness (QED) is 0.667. The summed E-state index contributed by atoms with van der Waals surface area (Å²) < 4.78 is 5.68. The van der Waals surface area contributed by atoms with Crippen LogP contribution in [-0.2, 0) is 14.3 Å². The zero-order valence-corrected chi connectivity index (χ0v) is 19.8. The summed E-state index contributed by atoms with van der Waals surface area (Å²) in [6.07, 6.45) is 3.89. The second-order valence-electron chi connectivity index (χ2n) is 9.99. The molecule has 2 fully saturated rings. The Hall–Kier alpha value is -3.35. The third-order valence-corrected chi connectivity index (χ3v) is 7.77. The van der Waals surface area contributed by atoms with Gasteiger partial charge in [0, 0.05) is 31.0 Å². The minimum atomic E-state index is -0.832. The molecule has 2 aromatic carbocycles. The molecular weight excluding hydrogens is 444 g/mol. The number of amides is 2. The molecule has 5 rings (SSSR count). The normalized spacial score (nSPS) is 23.8. The molecule has 1 aliphatic heterocycles. The molecule has 35 heavy (non-hydrogen) atoms. The van der Waals surface area contributed by atoms with Crippen molar-refractivity contribution in [1.29, 1.82) is 0 Å². The summed E-state index contributed by atoms with van der Waals surface area (Å²) in [5.41, 5.74) is 4.72. The fraction of sp³-hybridized carbons (Fsp3) is 0.464. The molecule has 3 aliphatic rings. The summed E-state index contributed by atoms with van der Waals surface area (Å²) in [5, 5.41) is 12.3. The van der Waals surface area contributed by atoms with Gasteiger partial charge < -0.3 is 20.1 Å². The molecule has 1 unspecified atom stereocenters. The number of aliphatic carboxylic acids is 1. The van der Waals surface area contributed by atoms with Crippen molar-refractivity contribution in [2.24, 2.45) is 11.8 Å². The predicted octanol–water partition coefficient (Wildman–Crippen LogP) is 4.41. The third kappa shape index (κ3) is 4.90. The van der Waals surface area contributed by atoms with Gasteiger partial charge in [0.2, 0.25) is 5.91 Å². The van der Waals surface area contributed by atoms with Gasteiger partial charge >= 0.3 is 12.1 Å². The Kier molecular flexibility index (Phi) is 6.75. The van der Waals surface area contributed by atoms with Crippen molar-refractivity contribution >= 4 is 18.0 Å². The molecule has 0 aromatic heterocycles. The third-order valence-electron chi connectivity index (χ3n) is 7.77. The lowest BCUT2D eigenvalue weighted by Crippen LogP contribution is -2.47. The van der Waals surface area contributed by atoms with E-state index in [2.05, 4.69) is 29.6 Å². The molecule has 1 saturated heterocycles. The monoisotopic (exact) mass is 476 g/mol. The van der Waals surface area contributed by atoms with Crippen molar-refractivity contribution in [3.05, 3.63) is 59.7 Å². The van der Waals surface area contributed by atoms with Crippen LogP contribution in [0.3, 0.4) is 0 Å². The summed E-state index contributed by atoms with van der Waals surface area (Å²) in [7, 11) is 0. The van der Waals surface area contributed by atoms with E-state index in [1.807, 2.05) is 24.3 Å². The molecule has 2 aromatic rings. The van der Waals surface area contributed by atoms with E-state index in [0.717, 1.165) is 25.7 Å². The largest absolute Gasteiger partial charge is 0.481 e. The van der Waals surface area contributed by atoms with Gasteiger partial charge in [-0.05, 0) is 54.4 Å². The number of piperidine rings is 1. The van der Waals surface area contributed by atoms with Gasteiger partial charge in [0.05, 0.1) is 5.92 Å². The molecule has 7 heteroatoms. The lowest BCUT2D eigenvalue weighted by molar-refractivity contribution is -0.147. The zero-order chi connectivity index (χ0) is 24.4. The highest BCUT2D eigenvalue weighted by molar-refractivity contribution is 5.81. The van der Waals surface area contributed by atoms with E-state index in [1.165, 1.54) is 22.3 Å². The maximum Gasteiger partial charge on any atom is 0.407 e. The van der Waals surface area contributed by atoms with Crippen molar-refractivity contribution in [1.82, 2.24) is 10.2 Å². The number of carboxylic acid groups (broad SMARTS) is 1. The number of nitrogens with zero attached hydrogens (tertiary/aromatic N) is 1. The Bertz CT molecular complexity index is 1070. The van der Waals surface area contributed by atoms with Crippen LogP contribution in [0.2, 0.25) is 0 Å². The summed E-state index contributed by atoms with van der Waals surface area (Å²) in [4.78, 5) is 38.8. The topological polar surface area (TPSA) is 95.9 Å². The number of fused-ring (bicyclic) bond motifs is 3. The average molecular weight is 477 g/mol. The maximum absolute atomic E-state index is 13.1. The number of rotatable bonds is 5. The van der Waals surface area contributed by atoms with Crippen molar-refractivity contribution in [3.63, 3.8) is 0 Å². The lowest BCUT2D eigenvalue weighted by atomic mass is 9.84. The SMILES string of the molecule is O=C(N[C@H]1CCC[C@@H](C(=O)N2CCCC(C(=O)O)C2)C1)OCC1c2ccccc2-c2ccccc21. The smallest absolute Gasteiger partial charge is 0.407 e. The first-order valence-corrected chi connectivity index (χ1v) is 12.6. The second kappa shape index (κ2) is 10.1. The fourth-order valence-electron chi connectivity index (χ4n) is 5.99. The minimum Gasteiger partial charge on any atom is -0.481 e. The molecule has 0 bridgehead atoms. The van der Waals surface area contributed by atoms with Crippen LogP contribution < -0.4 is 5.32 Å². The van der Waals surface area contributed by atoms with Gasteiger partial charge in [0.25, 0.3) is 0 Å². The summed E-state index contributed by atoms with van der Waals surface area (Å²) in [5.74, 6) is -1.47. The van der Waals surface area contributed by atoms with Crippen LogP contribution >= 0.6 is 0 Å². The summed E-state index contributed by atoms with van der Waals surface area (Å²) >= 11 is 0. The van der Waals surface area contributed by atoms with Crippen LogP contribution in [0.4, 0.5) is 4.79 Å². The molecule has 1 saturated carbocycles. The number of likely N-dealkylation sites (tertiary alicyclic amines) is 1. The Balaban J connectivity index is 1.16. The van der Waals surface area contributed by atoms with Crippen LogP contribution in [0.5, 0.6) is 0 Å². The number of carbonyl (C=O) groups excluding carboxylic acids is 2. The molecule has 0 radical (unpaired) electrons. The van der Waals surface area contributed by atoms with Gasteiger partial charge in [0.1, 0.15) is 6.61 Å². The number of benzene rings is 2. The lowest BCUT2D eigenvalue weighted by Gasteiger charge is -2.36. The van der Waals surface area contributed by atoms with E-state index in [9.17, 15) is 19.5 Å². The van der Waals surface area contributed by atoms with E-state index >= 15 is 0 Å². The Morgan fingerprint density at radius 3 is 2.26 bits per heavy atom. The number of carboxylic acids is 1. The molecule has 184 valence electrons. The van der Waals surface area contributed by atoms with Gasteiger partial charge in [-0.25, -0.2) is 4.79 Å². The Morgan fingerprint density at radius 2 is 1.57 bits per heavy atom. The predicted molar refractivity (Wildman–Crippen MR) is 131 cm³/mol. The molecule has 7 nitrogen and oxygen atoms in total. The van der Waals surface area contributed by atoms with Crippen molar-refractivity contribution in [3.8, 4) is 11.1 Å². The Labute approximate surface area is 205 Å². The summed E-state index contributed by atoms with van der Waals surface area (Å²) in [6, 6.07) is 16.4. The second-order valence-corrected chi connectivity index (χ2v) is 9.99. The highest BCUT2D eigenvalue weighted by Gasteiger charge is 2.35. The Morgan fingerprint density at radius 1 is 0.914 bits per heavy atom. The van der Waals surface area contributed by atoms with Crippen molar-refractivity contribution in [2.75, 3.05) is 19.7 Å². The van der Waals surface area contributed by atoms with E-state index < -0.39 is 18.0 Å². The molecule has 1 heterocycles. The number of ether oxygens (including phenoxy) is 1. The molecule has 0 spiro atoms. The van der Waals surface area contributed by atoms with Gasteiger partial charge in [-0.15, -0.1) is 0 Å². The van der Waals surface area contributed by atoms with E-state index in [-0.39, 0.29) is 36.9 Å². The van der Waals surface area contributed by atoms with Crippen LogP contribution in [0.15, 0.2) is 48.5 Å². The maximum atomic E-state index is 13.1. The van der Waals surface area contributed by atoms with E-state index in [4.69, 9.17) is 4.74 Å². The van der Waals surface area contributed by atoms with Crippen LogP contribution in [0.25, 0.3) is 11.1 Å². The highest BCUT2D eigenvalue weighted by Crippen LogP contribution is 2.44. The van der Waals surface area contributed by atoms with Gasteiger partial charge in [-0.3, -0.25) is 9.59 Å². The fourth-order valence-corrected chi connectivity index (χ4v) is 5.99. The van der Waals surface area contributed by atoms with Crippen LogP contribution in [-0.4, -0.2) is 53.7 Å². The van der Waals surface area contributed by atoms with Crippen LogP contribution in [0.1, 0.15) is 55.6 Å². The van der Waals surface area contributed by atoms with E-state index in [0.29, 0.717) is 19.4 Å². The first-order chi connectivity index (χ1) is 17.0. The van der Waals surface area contributed by atoms with Crippen molar-refractivity contribution < 1.29 is 24.2 Å². The number of alkyl carbamates (subject to hydrolysis) is 1. The van der Waals surface area contributed by atoms with Crippen molar-refractivity contribution in [2.45, 2.75) is 50.5 Å². The first kappa shape index (κ1) is 23.4. The standard InChI is InChI=1S/C28H32N2O5/c31-26(30-14-6-8-19(16-30)27(32)33)18-7-5-9-20(15-18)29-28(34)35-17-25-23-12-3-1-10-21(23)22-11-2-4-13-24(22)25/h1-4,10-13,18-20,25H,5-9,14-17H2,(H,29,34)(H,32,33)/t18-,19?,20+/m1/s1. The van der Waals surface area contributed by atoms with Gasteiger partial charge in [-0.2, -0.15) is 0 Å². The number of carbonyl (C=O) groups is 3. The number of nitrogens with one attached hydrogen (secondary N) is 1. The number of hydrogen-bond donors (Lipinski definition) is 2. The first-order valence-electron chi connectivity index (χ1n) is 12.6. The molecule has 2 N–H and O–H groups in total. The molecule has 2 aliphatic carbocycles. The molecule has 2 amide bonds. The minimum absolute atomic E-state index is 0.00937. The van der Waals surface area contributed by atoms with E-state index in [1.54, 1.807) is 4.90 Å². The zero-order valence-electron chi connectivity index (χ0n) is 19.8. The molecular formula is C28H32N2O5. The molecule has 3 atom stereocenters. The summed E-state index contributed by atoms with van der Waals surface area (Å²) in [6.45, 7) is 1.16. The average Bonchev–Trinajstić information content (AvgIpc) is 3.21.